The van der Waals surface area contributed by atoms with Gasteiger partial charge in [0.1, 0.15) is 11.2 Å². The summed E-state index contributed by atoms with van der Waals surface area (Å²) >= 11 is 0. The van der Waals surface area contributed by atoms with Crippen LogP contribution in [0.25, 0.3) is 132 Å². The molecule has 13 rings (SSSR count). The van der Waals surface area contributed by atoms with E-state index in [9.17, 15) is 0 Å². The highest BCUT2D eigenvalue weighted by molar-refractivity contribution is 6.37. The van der Waals surface area contributed by atoms with Gasteiger partial charge in [-0.05, 0) is 112 Å². The molecule has 2 aromatic heterocycles. The van der Waals surface area contributed by atoms with Crippen LogP contribution in [0.3, 0.4) is 0 Å². The molecule has 0 atom stereocenters. The Morgan fingerprint density at radius 1 is 0.288 bits per heavy atom. The van der Waals surface area contributed by atoms with E-state index in [-0.39, 0.29) is 0 Å². The first-order valence-corrected chi connectivity index (χ1v) is 20.1. The van der Waals surface area contributed by atoms with E-state index in [2.05, 4.69) is 152 Å². The van der Waals surface area contributed by atoms with Crippen molar-refractivity contribution in [1.82, 2.24) is 9.97 Å². The summed E-state index contributed by atoms with van der Waals surface area (Å²) in [6, 6.07) is 69.9. The minimum atomic E-state index is 0.681. The van der Waals surface area contributed by atoms with E-state index >= 15 is 0 Å². The van der Waals surface area contributed by atoms with Gasteiger partial charge in [0.05, 0.1) is 11.4 Å². The lowest BCUT2D eigenvalue weighted by Crippen LogP contribution is -1.96. The van der Waals surface area contributed by atoms with Crippen molar-refractivity contribution in [3.63, 3.8) is 0 Å². The van der Waals surface area contributed by atoms with Gasteiger partial charge in [0.2, 0.25) is 0 Å². The molecule has 3 nitrogen and oxygen atoms in total. The number of furan rings is 1. The Morgan fingerprint density at radius 2 is 0.831 bits per heavy atom. The van der Waals surface area contributed by atoms with Crippen LogP contribution in [0.15, 0.2) is 199 Å². The predicted octanol–water partition coefficient (Wildman–Crippen LogP) is 15.4. The van der Waals surface area contributed by atoms with Gasteiger partial charge in [-0.25, -0.2) is 9.97 Å². The number of benzene rings is 10. The van der Waals surface area contributed by atoms with Crippen LogP contribution < -0.4 is 0 Å². The number of hydrogen-bond donors (Lipinski definition) is 0. The van der Waals surface area contributed by atoms with Crippen molar-refractivity contribution in [1.29, 1.82) is 0 Å². The highest BCUT2D eigenvalue weighted by Crippen LogP contribution is 2.45. The molecule has 0 radical (unpaired) electrons. The van der Waals surface area contributed by atoms with E-state index in [1.165, 1.54) is 64.6 Å². The van der Waals surface area contributed by atoms with Crippen LogP contribution in [-0.4, -0.2) is 9.97 Å². The van der Waals surface area contributed by atoms with Crippen molar-refractivity contribution >= 4 is 86.6 Å². The van der Waals surface area contributed by atoms with Crippen LogP contribution in [0.4, 0.5) is 0 Å². The summed E-state index contributed by atoms with van der Waals surface area (Å²) in [4.78, 5) is 10.5. The van der Waals surface area contributed by atoms with Crippen molar-refractivity contribution in [3.8, 4) is 45.0 Å². The first-order valence-electron chi connectivity index (χ1n) is 20.1. The fourth-order valence-corrected chi connectivity index (χ4v) is 9.75. The molecule has 11 aromatic carbocycles. The average Bonchev–Trinajstić information content (AvgIpc) is 3.69. The number of para-hydroxylation sites is 1. The predicted molar refractivity (Wildman–Crippen MR) is 247 cm³/mol. The summed E-state index contributed by atoms with van der Waals surface area (Å²) in [5, 5.41) is 17.4. The lowest BCUT2D eigenvalue weighted by atomic mass is 9.86. The third-order valence-corrected chi connectivity index (χ3v) is 12.4. The minimum absolute atomic E-state index is 0.681. The molecule has 0 aliphatic heterocycles. The minimum Gasteiger partial charge on any atom is -0.456 e. The van der Waals surface area contributed by atoms with E-state index in [0.29, 0.717) is 5.82 Å². The molecule has 0 N–H and O–H groups in total. The molecule has 0 aliphatic carbocycles. The largest absolute Gasteiger partial charge is 0.456 e. The van der Waals surface area contributed by atoms with E-state index < -0.39 is 0 Å². The average molecular weight is 749 g/mol. The van der Waals surface area contributed by atoms with E-state index in [1.807, 2.05) is 42.5 Å². The molecule has 3 heteroatoms. The second kappa shape index (κ2) is 12.3. The zero-order valence-electron chi connectivity index (χ0n) is 31.8. The van der Waals surface area contributed by atoms with Crippen LogP contribution in [0, 0.1) is 0 Å². The van der Waals surface area contributed by atoms with Gasteiger partial charge in [0, 0.05) is 27.5 Å². The molecule has 0 saturated carbocycles. The second-order valence-corrected chi connectivity index (χ2v) is 15.6. The first-order chi connectivity index (χ1) is 29.2. The molecular formula is C56H32N2O. The van der Waals surface area contributed by atoms with Gasteiger partial charge < -0.3 is 4.42 Å². The van der Waals surface area contributed by atoms with Gasteiger partial charge in [0.25, 0.3) is 0 Å². The van der Waals surface area contributed by atoms with Gasteiger partial charge in [-0.1, -0.05) is 158 Å². The Labute approximate surface area is 338 Å². The Kier molecular flexibility index (Phi) is 6.72. The molecule has 13 aromatic rings. The van der Waals surface area contributed by atoms with E-state index in [1.54, 1.807) is 0 Å². The van der Waals surface area contributed by atoms with Gasteiger partial charge in [-0.15, -0.1) is 0 Å². The Hall–Kier alpha value is -7.88. The lowest BCUT2D eigenvalue weighted by molar-refractivity contribution is 0.669. The van der Waals surface area contributed by atoms with Crippen LogP contribution >= 0.6 is 0 Å². The molecule has 0 bridgehead atoms. The molecule has 0 fully saturated rings. The maximum Gasteiger partial charge on any atom is 0.160 e. The van der Waals surface area contributed by atoms with E-state index in [0.717, 1.165) is 61.1 Å². The molecule has 272 valence electrons. The number of fused-ring (bicyclic) bond motifs is 5. The zero-order chi connectivity index (χ0) is 38.6. The molecule has 0 amide bonds. The first kappa shape index (κ1) is 32.2. The molecule has 0 aliphatic rings. The summed E-state index contributed by atoms with van der Waals surface area (Å²) in [5.41, 5.74) is 8.72. The quantitative estimate of drug-likeness (QED) is 0.168. The van der Waals surface area contributed by atoms with Crippen LogP contribution in [0.2, 0.25) is 0 Å². The highest BCUT2D eigenvalue weighted by atomic mass is 16.3. The highest BCUT2D eigenvalue weighted by Gasteiger charge is 2.19. The normalized spacial score (nSPS) is 12.1. The lowest BCUT2D eigenvalue weighted by Gasteiger charge is -2.17. The molecule has 0 spiro atoms. The standard InChI is InChI=1S/C56H32N2O/c1-2-11-36(12-3-1)56-57-47(32-48(58-56)44-22-10-24-50-55(44)45-18-4-5-23-49(45)59-50)38-17-6-16-37(29-38)40-30-39-28-27-35-14-8-20-42-41-19-7-13-33-25-26-34-15-9-21-43(53(34)51(33)41)46(31-40)54(39)52(35)42/h1-32H. The van der Waals surface area contributed by atoms with Crippen LogP contribution in [0.5, 0.6) is 0 Å². The zero-order valence-corrected chi connectivity index (χ0v) is 31.8. The van der Waals surface area contributed by atoms with Gasteiger partial charge in [0.15, 0.2) is 5.82 Å². The Morgan fingerprint density at radius 3 is 1.58 bits per heavy atom. The van der Waals surface area contributed by atoms with Crippen molar-refractivity contribution in [3.05, 3.63) is 194 Å². The fourth-order valence-electron chi connectivity index (χ4n) is 9.75. The monoisotopic (exact) mass is 748 g/mol. The van der Waals surface area contributed by atoms with E-state index in [4.69, 9.17) is 14.4 Å². The van der Waals surface area contributed by atoms with Crippen molar-refractivity contribution in [2.24, 2.45) is 0 Å². The molecule has 59 heavy (non-hydrogen) atoms. The topological polar surface area (TPSA) is 38.9 Å². The summed E-state index contributed by atoms with van der Waals surface area (Å²) in [5.74, 6) is 0.681. The molecule has 0 saturated heterocycles. The smallest absolute Gasteiger partial charge is 0.160 e. The summed E-state index contributed by atoms with van der Waals surface area (Å²) in [7, 11) is 0. The van der Waals surface area contributed by atoms with Crippen molar-refractivity contribution in [2.45, 2.75) is 0 Å². The number of aromatic nitrogens is 2. The third-order valence-electron chi connectivity index (χ3n) is 12.4. The van der Waals surface area contributed by atoms with Gasteiger partial charge in [-0.2, -0.15) is 0 Å². The summed E-state index contributed by atoms with van der Waals surface area (Å²) in [6.45, 7) is 0. The summed E-state index contributed by atoms with van der Waals surface area (Å²) < 4.78 is 6.31. The van der Waals surface area contributed by atoms with Crippen molar-refractivity contribution in [2.75, 3.05) is 0 Å². The maximum atomic E-state index is 6.31. The second-order valence-electron chi connectivity index (χ2n) is 15.6. The molecule has 2 heterocycles. The van der Waals surface area contributed by atoms with Crippen LogP contribution in [0.1, 0.15) is 0 Å². The van der Waals surface area contributed by atoms with Crippen LogP contribution in [-0.2, 0) is 0 Å². The third kappa shape index (κ3) is 4.82. The number of rotatable bonds is 4. The van der Waals surface area contributed by atoms with Crippen molar-refractivity contribution < 1.29 is 4.42 Å². The SMILES string of the molecule is c1ccc(-c2nc(-c3cccc(-c4cc5ccc6cccc7c8cccc9ccc%10cccc(c(c4)c5c67)c%10c98)c3)cc(-c3cccc4oc5ccccc5c34)n2)cc1. The number of nitrogens with zero attached hydrogens (tertiary/aromatic N) is 2. The summed E-state index contributed by atoms with van der Waals surface area (Å²) in [6.07, 6.45) is 0. The number of hydrogen-bond acceptors (Lipinski definition) is 3. The molecule has 0 unspecified atom stereocenters. The van der Waals surface area contributed by atoms with Gasteiger partial charge in [-0.3, -0.25) is 0 Å². The Bertz CT molecular complexity index is 3840. The fraction of sp³-hybridized carbons (Fsp3) is 0. The Balaban J connectivity index is 1.07. The molecular weight excluding hydrogens is 717 g/mol. The maximum absolute atomic E-state index is 6.31. The van der Waals surface area contributed by atoms with Gasteiger partial charge >= 0.3 is 0 Å².